The number of nitrogens with one attached hydrogen (secondary N) is 1. The first kappa shape index (κ1) is 13.8. The zero-order chi connectivity index (χ0) is 14.6. The zero-order valence-electron chi connectivity index (χ0n) is 9.72. The maximum Gasteiger partial charge on any atom is 0.488 e. The molecule has 0 saturated carbocycles. The van der Waals surface area contributed by atoms with E-state index in [2.05, 4.69) is 24.5 Å². The number of rotatable bonds is 4. The Hall–Kier alpha value is -2.62. The van der Waals surface area contributed by atoms with Crippen LogP contribution in [0.4, 0.5) is 9.57 Å². The van der Waals surface area contributed by atoms with Gasteiger partial charge in [0, 0.05) is 18.5 Å². The van der Waals surface area contributed by atoms with Crippen LogP contribution in [0, 0.1) is 0 Å². The maximum absolute atomic E-state index is 12.3. The summed E-state index contributed by atoms with van der Waals surface area (Å²) in [6.07, 6.45) is 4.97. The number of carbonyl (C=O) groups excluding carboxylic acids is 1. The lowest BCUT2D eigenvalue weighted by molar-refractivity contribution is 0.101. The van der Waals surface area contributed by atoms with Crippen LogP contribution in [-0.2, 0) is 10.5 Å². The van der Waals surface area contributed by atoms with Gasteiger partial charge in [0.2, 0.25) is 5.82 Å². The summed E-state index contributed by atoms with van der Waals surface area (Å²) in [5.41, 5.74) is 0.101. The SMILES string of the molecule is O=C(Nc1cncc(OS(=O)(=O)F)c1)c1ncccn1. The van der Waals surface area contributed by atoms with E-state index in [9.17, 15) is 17.1 Å². The Labute approximate surface area is 113 Å². The van der Waals surface area contributed by atoms with Crippen molar-refractivity contribution in [3.8, 4) is 5.75 Å². The second-order valence-electron chi connectivity index (χ2n) is 3.41. The molecule has 0 unspecified atom stereocenters. The number of hydrogen-bond acceptors (Lipinski definition) is 7. The molecule has 0 atom stereocenters. The molecule has 104 valence electrons. The lowest BCUT2D eigenvalue weighted by Gasteiger charge is -2.05. The van der Waals surface area contributed by atoms with Crippen LogP contribution >= 0.6 is 0 Å². The topological polar surface area (TPSA) is 111 Å². The second-order valence-corrected chi connectivity index (χ2v) is 4.37. The molecule has 1 amide bonds. The van der Waals surface area contributed by atoms with Crippen LogP contribution in [-0.4, -0.2) is 29.3 Å². The van der Waals surface area contributed by atoms with Crippen LogP contribution in [0.2, 0.25) is 0 Å². The summed E-state index contributed by atoms with van der Waals surface area (Å²) in [6.45, 7) is 0. The number of halogens is 1. The number of nitrogens with zero attached hydrogens (tertiary/aromatic N) is 3. The Morgan fingerprint density at radius 3 is 2.60 bits per heavy atom. The minimum absolute atomic E-state index is 0.0862. The fourth-order valence-electron chi connectivity index (χ4n) is 1.25. The highest BCUT2D eigenvalue weighted by Gasteiger charge is 2.12. The smallest absolute Gasteiger partial charge is 0.357 e. The molecule has 20 heavy (non-hydrogen) atoms. The quantitative estimate of drug-likeness (QED) is 0.827. The average Bonchev–Trinajstić information content (AvgIpc) is 2.38. The van der Waals surface area contributed by atoms with E-state index in [0.29, 0.717) is 0 Å². The Balaban J connectivity index is 2.14. The van der Waals surface area contributed by atoms with E-state index in [1.807, 2.05) is 0 Å². The molecule has 0 aliphatic heterocycles. The van der Waals surface area contributed by atoms with Gasteiger partial charge in [0.1, 0.15) is 0 Å². The first-order valence-corrected chi connectivity index (χ1v) is 6.42. The summed E-state index contributed by atoms with van der Waals surface area (Å²) < 4.78 is 37.0. The predicted molar refractivity (Wildman–Crippen MR) is 64.9 cm³/mol. The van der Waals surface area contributed by atoms with E-state index in [1.54, 1.807) is 6.07 Å². The van der Waals surface area contributed by atoms with Gasteiger partial charge in [-0.1, -0.05) is 3.89 Å². The van der Waals surface area contributed by atoms with Crippen LogP contribution in [0.25, 0.3) is 0 Å². The van der Waals surface area contributed by atoms with Crippen molar-refractivity contribution >= 4 is 22.1 Å². The molecule has 2 heterocycles. The van der Waals surface area contributed by atoms with E-state index in [1.165, 1.54) is 18.6 Å². The van der Waals surface area contributed by atoms with Crippen molar-refractivity contribution in [1.82, 2.24) is 15.0 Å². The van der Waals surface area contributed by atoms with Crippen LogP contribution in [0.5, 0.6) is 5.75 Å². The Morgan fingerprint density at radius 2 is 1.95 bits per heavy atom. The van der Waals surface area contributed by atoms with E-state index in [0.717, 1.165) is 12.3 Å². The zero-order valence-corrected chi connectivity index (χ0v) is 10.5. The van der Waals surface area contributed by atoms with E-state index >= 15 is 0 Å². The fraction of sp³-hybridized carbons (Fsp3) is 0. The largest absolute Gasteiger partial charge is 0.488 e. The van der Waals surface area contributed by atoms with Gasteiger partial charge in [0.05, 0.1) is 18.1 Å². The fourth-order valence-corrected chi connectivity index (χ4v) is 1.57. The summed E-state index contributed by atoms with van der Waals surface area (Å²) >= 11 is 0. The molecule has 2 aromatic heterocycles. The lowest BCUT2D eigenvalue weighted by Crippen LogP contribution is -2.15. The third-order valence-corrected chi connectivity index (χ3v) is 2.33. The first-order valence-electron chi connectivity index (χ1n) is 5.11. The van der Waals surface area contributed by atoms with Gasteiger partial charge in [-0.25, -0.2) is 9.97 Å². The monoisotopic (exact) mass is 298 g/mol. The van der Waals surface area contributed by atoms with Gasteiger partial charge >= 0.3 is 10.5 Å². The van der Waals surface area contributed by atoms with Gasteiger partial charge in [-0.2, -0.15) is 8.42 Å². The molecule has 0 fully saturated rings. The van der Waals surface area contributed by atoms with E-state index in [4.69, 9.17) is 0 Å². The summed E-state index contributed by atoms with van der Waals surface area (Å²) in [5, 5.41) is 2.36. The maximum atomic E-state index is 12.3. The van der Waals surface area contributed by atoms with Gasteiger partial charge in [-0.3, -0.25) is 9.78 Å². The number of amides is 1. The van der Waals surface area contributed by atoms with Crippen molar-refractivity contribution in [2.75, 3.05) is 5.32 Å². The first-order chi connectivity index (χ1) is 9.44. The minimum Gasteiger partial charge on any atom is -0.357 e. The normalized spacial score (nSPS) is 10.8. The summed E-state index contributed by atoms with van der Waals surface area (Å²) in [7, 11) is -5.15. The van der Waals surface area contributed by atoms with Crippen molar-refractivity contribution in [2.45, 2.75) is 0 Å². The van der Waals surface area contributed by atoms with E-state index in [-0.39, 0.29) is 17.3 Å². The van der Waals surface area contributed by atoms with Gasteiger partial charge in [0.15, 0.2) is 5.75 Å². The van der Waals surface area contributed by atoms with Gasteiger partial charge in [-0.05, 0) is 6.07 Å². The molecule has 1 N–H and O–H groups in total. The molecule has 0 aliphatic carbocycles. The standard InChI is InChI=1S/C10H7FN4O4S/c11-20(17,18)19-8-4-7(5-12-6-8)15-10(16)9-13-2-1-3-14-9/h1-6H,(H,15,16). The van der Waals surface area contributed by atoms with Crippen LogP contribution in [0.1, 0.15) is 10.6 Å². The average molecular weight is 298 g/mol. The third kappa shape index (κ3) is 3.95. The molecule has 10 heteroatoms. The number of anilines is 1. The number of hydrogen-bond donors (Lipinski definition) is 1. The van der Waals surface area contributed by atoms with Crippen molar-refractivity contribution < 1.29 is 21.3 Å². The van der Waals surface area contributed by atoms with Crippen molar-refractivity contribution in [3.63, 3.8) is 0 Å². The van der Waals surface area contributed by atoms with Gasteiger partial charge in [-0.15, -0.1) is 0 Å². The lowest BCUT2D eigenvalue weighted by atomic mass is 10.4. The van der Waals surface area contributed by atoms with Crippen LogP contribution in [0.15, 0.2) is 36.9 Å². The van der Waals surface area contributed by atoms with Crippen molar-refractivity contribution in [2.24, 2.45) is 0 Å². The molecule has 0 aliphatic rings. The van der Waals surface area contributed by atoms with Crippen molar-refractivity contribution in [3.05, 3.63) is 42.7 Å². The van der Waals surface area contributed by atoms with Crippen molar-refractivity contribution in [1.29, 1.82) is 0 Å². The number of carbonyl (C=O) groups is 1. The van der Waals surface area contributed by atoms with E-state index < -0.39 is 16.4 Å². The molecule has 2 aromatic rings. The van der Waals surface area contributed by atoms with Crippen LogP contribution in [0.3, 0.4) is 0 Å². The number of pyridine rings is 1. The predicted octanol–water partition coefficient (Wildman–Crippen LogP) is 0.717. The number of aromatic nitrogens is 3. The second kappa shape index (κ2) is 5.57. The highest BCUT2D eigenvalue weighted by molar-refractivity contribution is 7.81. The molecular weight excluding hydrogens is 291 g/mol. The summed E-state index contributed by atoms with van der Waals surface area (Å²) in [5.74, 6) is -1.09. The van der Waals surface area contributed by atoms with Gasteiger partial charge in [0.25, 0.3) is 5.91 Å². The molecule has 0 bridgehead atoms. The third-order valence-electron chi connectivity index (χ3n) is 1.94. The molecule has 8 nitrogen and oxygen atoms in total. The highest BCUT2D eigenvalue weighted by atomic mass is 32.3. The Bertz CT molecular complexity index is 723. The van der Waals surface area contributed by atoms with Crippen LogP contribution < -0.4 is 9.50 Å². The Morgan fingerprint density at radius 1 is 1.25 bits per heavy atom. The van der Waals surface area contributed by atoms with Gasteiger partial charge < -0.3 is 9.50 Å². The molecule has 0 spiro atoms. The molecule has 0 saturated heterocycles. The minimum atomic E-state index is -5.15. The molecule has 0 radical (unpaired) electrons. The molecule has 2 rings (SSSR count). The summed E-state index contributed by atoms with van der Waals surface area (Å²) in [6, 6.07) is 2.63. The molecular formula is C10H7FN4O4S. The Kier molecular flexibility index (Phi) is 3.84. The molecule has 0 aromatic carbocycles. The summed E-state index contributed by atoms with van der Waals surface area (Å²) in [4.78, 5) is 22.8. The highest BCUT2D eigenvalue weighted by Crippen LogP contribution is 2.17.